The van der Waals surface area contributed by atoms with Crippen LogP contribution in [0.1, 0.15) is 39.0 Å². The lowest BCUT2D eigenvalue weighted by atomic mass is 10.1. The van der Waals surface area contributed by atoms with Gasteiger partial charge in [-0.2, -0.15) is 0 Å². The summed E-state index contributed by atoms with van der Waals surface area (Å²) in [4.78, 5) is 11.1. The number of rotatable bonds is 6. The van der Waals surface area contributed by atoms with E-state index in [1.54, 1.807) is 12.1 Å². The predicted octanol–water partition coefficient (Wildman–Crippen LogP) is 2.50. The highest BCUT2D eigenvalue weighted by molar-refractivity contribution is 7.89. The van der Waals surface area contributed by atoms with Crippen molar-refractivity contribution in [1.82, 2.24) is 4.72 Å². The first-order valence-corrected chi connectivity index (χ1v) is 8.83. The van der Waals surface area contributed by atoms with Crippen LogP contribution in [0.4, 0.5) is 5.69 Å². The minimum Gasteiger partial charge on any atom is -0.326 e. The summed E-state index contributed by atoms with van der Waals surface area (Å²) in [6.45, 7) is 1.90. The average Bonchev–Trinajstić information content (AvgIpc) is 2.91. The Balaban J connectivity index is 1.90. The second kappa shape index (κ2) is 7.04. The first kappa shape index (κ1) is 16.0. The Morgan fingerprint density at radius 3 is 2.38 bits per heavy atom. The molecule has 1 fully saturated rings. The maximum Gasteiger partial charge on any atom is 0.240 e. The summed E-state index contributed by atoms with van der Waals surface area (Å²) in [6.07, 6.45) is 5.87. The van der Waals surface area contributed by atoms with Gasteiger partial charge in [-0.25, -0.2) is 13.1 Å². The van der Waals surface area contributed by atoms with Crippen molar-refractivity contribution < 1.29 is 13.2 Å². The molecule has 116 valence electrons. The summed E-state index contributed by atoms with van der Waals surface area (Å²) in [5, 5.41) is 2.61. The first-order valence-electron chi connectivity index (χ1n) is 7.35. The molecule has 2 N–H and O–H groups in total. The van der Waals surface area contributed by atoms with Crippen LogP contribution in [0.25, 0.3) is 0 Å². The van der Waals surface area contributed by atoms with Crippen LogP contribution in [0, 0.1) is 5.92 Å². The molecule has 1 saturated carbocycles. The minimum atomic E-state index is -3.46. The third-order valence-corrected chi connectivity index (χ3v) is 5.28. The molecule has 21 heavy (non-hydrogen) atoms. The molecule has 2 rings (SSSR count). The lowest BCUT2D eigenvalue weighted by Crippen LogP contribution is -2.26. The molecule has 0 unspecified atom stereocenters. The second-order valence-corrected chi connectivity index (χ2v) is 7.31. The fourth-order valence-corrected chi connectivity index (χ4v) is 3.75. The van der Waals surface area contributed by atoms with Crippen LogP contribution in [0.2, 0.25) is 0 Å². The van der Waals surface area contributed by atoms with E-state index in [0.29, 0.717) is 18.2 Å². The van der Waals surface area contributed by atoms with Crippen LogP contribution < -0.4 is 10.0 Å². The topological polar surface area (TPSA) is 75.3 Å². The van der Waals surface area contributed by atoms with Gasteiger partial charge >= 0.3 is 0 Å². The molecule has 6 heteroatoms. The molecule has 1 amide bonds. The summed E-state index contributed by atoms with van der Waals surface area (Å²) in [5.41, 5.74) is 0.590. The molecule has 1 aliphatic rings. The van der Waals surface area contributed by atoms with Crippen molar-refractivity contribution in [3.63, 3.8) is 0 Å². The van der Waals surface area contributed by atoms with E-state index in [2.05, 4.69) is 10.0 Å². The van der Waals surface area contributed by atoms with E-state index >= 15 is 0 Å². The summed E-state index contributed by atoms with van der Waals surface area (Å²) < 4.78 is 26.9. The van der Waals surface area contributed by atoms with Gasteiger partial charge in [-0.05, 0) is 36.6 Å². The Morgan fingerprint density at radius 1 is 1.19 bits per heavy atom. The van der Waals surface area contributed by atoms with Crippen molar-refractivity contribution in [2.24, 2.45) is 5.92 Å². The van der Waals surface area contributed by atoms with Gasteiger partial charge in [0.05, 0.1) is 4.90 Å². The molecule has 0 spiro atoms. The normalized spacial score (nSPS) is 16.0. The summed E-state index contributed by atoms with van der Waals surface area (Å²) in [5.74, 6) is 0.482. The predicted molar refractivity (Wildman–Crippen MR) is 82.5 cm³/mol. The maximum atomic E-state index is 12.1. The molecular weight excluding hydrogens is 288 g/mol. The molecule has 5 nitrogen and oxygen atoms in total. The monoisotopic (exact) mass is 310 g/mol. The van der Waals surface area contributed by atoms with Gasteiger partial charge in [-0.15, -0.1) is 0 Å². The number of sulfonamides is 1. The molecule has 0 heterocycles. The number of carbonyl (C=O) groups is 1. The van der Waals surface area contributed by atoms with E-state index in [9.17, 15) is 13.2 Å². The van der Waals surface area contributed by atoms with Crippen molar-refractivity contribution in [3.05, 3.63) is 24.3 Å². The number of benzene rings is 1. The Kier molecular flexibility index (Phi) is 5.36. The molecule has 0 saturated heterocycles. The minimum absolute atomic E-state index is 0.180. The zero-order valence-electron chi connectivity index (χ0n) is 12.3. The van der Waals surface area contributed by atoms with Gasteiger partial charge in [0.25, 0.3) is 0 Å². The van der Waals surface area contributed by atoms with E-state index in [4.69, 9.17) is 0 Å². The summed E-state index contributed by atoms with van der Waals surface area (Å²) in [7, 11) is -3.46. The molecule has 0 radical (unpaired) electrons. The van der Waals surface area contributed by atoms with Gasteiger partial charge in [-0.1, -0.05) is 25.7 Å². The van der Waals surface area contributed by atoms with Gasteiger partial charge < -0.3 is 5.32 Å². The Hall–Kier alpha value is -1.40. The van der Waals surface area contributed by atoms with Crippen LogP contribution >= 0.6 is 0 Å². The number of anilines is 1. The van der Waals surface area contributed by atoms with Gasteiger partial charge in [0.15, 0.2) is 0 Å². The smallest absolute Gasteiger partial charge is 0.240 e. The van der Waals surface area contributed by atoms with Crippen LogP contribution in [0.15, 0.2) is 29.2 Å². The summed E-state index contributed by atoms with van der Waals surface area (Å²) >= 11 is 0. The van der Waals surface area contributed by atoms with Crippen LogP contribution in [-0.2, 0) is 14.8 Å². The van der Waals surface area contributed by atoms with Crippen molar-refractivity contribution >= 4 is 21.6 Å². The fourth-order valence-electron chi connectivity index (χ4n) is 2.70. The zero-order chi connectivity index (χ0) is 15.3. The van der Waals surface area contributed by atoms with Gasteiger partial charge in [-0.3, -0.25) is 4.79 Å². The molecule has 0 bridgehead atoms. The van der Waals surface area contributed by atoms with Crippen molar-refractivity contribution in [2.75, 3.05) is 11.9 Å². The number of carbonyl (C=O) groups excluding carboxylic acids is 1. The van der Waals surface area contributed by atoms with Gasteiger partial charge in [0.1, 0.15) is 0 Å². The molecular formula is C15H22N2O3S. The van der Waals surface area contributed by atoms with E-state index in [-0.39, 0.29) is 10.8 Å². The lowest BCUT2D eigenvalue weighted by molar-refractivity contribution is -0.114. The molecule has 1 aromatic rings. The van der Waals surface area contributed by atoms with E-state index in [1.165, 1.54) is 44.7 Å². The molecule has 0 atom stereocenters. The van der Waals surface area contributed by atoms with Crippen molar-refractivity contribution in [1.29, 1.82) is 0 Å². The second-order valence-electron chi connectivity index (χ2n) is 5.54. The van der Waals surface area contributed by atoms with Gasteiger partial charge in [0.2, 0.25) is 15.9 Å². The number of hydrogen-bond donors (Lipinski definition) is 2. The van der Waals surface area contributed by atoms with Crippen LogP contribution in [0.3, 0.4) is 0 Å². The largest absolute Gasteiger partial charge is 0.326 e. The van der Waals surface area contributed by atoms with Gasteiger partial charge in [0, 0.05) is 19.2 Å². The standard InChI is InChI=1S/C15H22N2O3S/c1-12(18)17-14-6-8-15(9-7-14)21(19,20)16-11-10-13-4-2-3-5-13/h6-9,13,16H,2-5,10-11H2,1H3,(H,17,18). The lowest BCUT2D eigenvalue weighted by Gasteiger charge is -2.11. The number of amides is 1. The van der Waals surface area contributed by atoms with Crippen molar-refractivity contribution in [2.45, 2.75) is 43.9 Å². The SMILES string of the molecule is CC(=O)Nc1ccc(S(=O)(=O)NCCC2CCCC2)cc1. The highest BCUT2D eigenvalue weighted by Gasteiger charge is 2.17. The first-order chi connectivity index (χ1) is 9.97. The van der Waals surface area contributed by atoms with Crippen molar-refractivity contribution in [3.8, 4) is 0 Å². The third kappa shape index (κ3) is 4.82. The quantitative estimate of drug-likeness (QED) is 0.847. The Labute approximate surface area is 126 Å². The number of hydrogen-bond acceptors (Lipinski definition) is 3. The van der Waals surface area contributed by atoms with E-state index < -0.39 is 10.0 Å². The fraction of sp³-hybridized carbons (Fsp3) is 0.533. The van der Waals surface area contributed by atoms with Crippen LogP contribution in [-0.4, -0.2) is 20.9 Å². The average molecular weight is 310 g/mol. The number of nitrogens with one attached hydrogen (secondary N) is 2. The summed E-state index contributed by atoms with van der Waals surface area (Å²) in [6, 6.07) is 6.19. The molecule has 1 aromatic carbocycles. The highest BCUT2D eigenvalue weighted by Crippen LogP contribution is 2.27. The Bertz CT molecular complexity index is 575. The molecule has 0 aliphatic heterocycles. The highest BCUT2D eigenvalue weighted by atomic mass is 32.2. The molecule has 0 aromatic heterocycles. The van der Waals surface area contributed by atoms with E-state index in [1.807, 2.05) is 0 Å². The zero-order valence-corrected chi connectivity index (χ0v) is 13.1. The third-order valence-electron chi connectivity index (χ3n) is 3.80. The maximum absolute atomic E-state index is 12.1. The Morgan fingerprint density at radius 2 is 1.81 bits per heavy atom. The molecule has 1 aliphatic carbocycles. The van der Waals surface area contributed by atoms with Crippen LogP contribution in [0.5, 0.6) is 0 Å². The van der Waals surface area contributed by atoms with E-state index in [0.717, 1.165) is 6.42 Å².